The summed E-state index contributed by atoms with van der Waals surface area (Å²) in [4.78, 5) is 30.4. The molecule has 0 atom stereocenters. The number of carbonyl (C=O) groups is 2. The zero-order valence-corrected chi connectivity index (χ0v) is 17.3. The zero-order valence-electron chi connectivity index (χ0n) is 17.3. The molecule has 0 N–H and O–H groups in total. The third-order valence-corrected chi connectivity index (χ3v) is 5.04. The molecule has 1 fully saturated rings. The molecule has 0 bridgehead atoms. The van der Waals surface area contributed by atoms with E-state index in [-0.39, 0.29) is 11.8 Å². The van der Waals surface area contributed by atoms with Crippen molar-refractivity contribution in [3.63, 3.8) is 0 Å². The van der Waals surface area contributed by atoms with Gasteiger partial charge in [-0.25, -0.2) is 0 Å². The minimum atomic E-state index is -0.00509. The van der Waals surface area contributed by atoms with E-state index < -0.39 is 0 Å². The summed E-state index contributed by atoms with van der Waals surface area (Å²) in [5.41, 5.74) is 2.99. The molecule has 0 saturated carbocycles. The lowest BCUT2D eigenvalue weighted by Crippen LogP contribution is -2.35. The number of hydrogen-bond donors (Lipinski definition) is 0. The van der Waals surface area contributed by atoms with Crippen LogP contribution in [0.1, 0.15) is 24.0 Å². The smallest absolute Gasteiger partial charge is 0.246 e. The highest BCUT2D eigenvalue weighted by molar-refractivity contribution is 5.95. The predicted molar refractivity (Wildman–Crippen MR) is 117 cm³/mol. The van der Waals surface area contributed by atoms with Gasteiger partial charge in [0, 0.05) is 44.4 Å². The minimum Gasteiger partial charge on any atom is -0.334 e. The standard InChI is InChI=1S/C24H29N3O2/c1-25(2)17-18-26(19-21-7-4-3-5-8-21)23(28)15-12-20-10-13-22(14-11-20)27-16-6-9-24(27)29/h3-5,7-8,10-15H,6,9,16-19H2,1-2H3/b15-12+. The average Bonchev–Trinajstić information content (AvgIpc) is 3.16. The van der Waals surface area contributed by atoms with E-state index in [9.17, 15) is 9.59 Å². The Morgan fingerprint density at radius 2 is 1.76 bits per heavy atom. The highest BCUT2D eigenvalue weighted by atomic mass is 16.2. The van der Waals surface area contributed by atoms with Crippen LogP contribution in [0.5, 0.6) is 0 Å². The molecule has 3 rings (SSSR count). The van der Waals surface area contributed by atoms with Crippen molar-refractivity contribution in [1.29, 1.82) is 0 Å². The number of hydrogen-bond acceptors (Lipinski definition) is 3. The van der Waals surface area contributed by atoms with Gasteiger partial charge in [-0.3, -0.25) is 9.59 Å². The van der Waals surface area contributed by atoms with Crippen molar-refractivity contribution in [2.45, 2.75) is 19.4 Å². The number of amides is 2. The molecule has 0 aliphatic carbocycles. The van der Waals surface area contributed by atoms with Crippen molar-refractivity contribution in [2.75, 3.05) is 38.6 Å². The molecule has 1 heterocycles. The average molecular weight is 392 g/mol. The third kappa shape index (κ3) is 6.03. The normalized spacial score (nSPS) is 14.2. The van der Waals surface area contributed by atoms with E-state index in [1.165, 1.54) is 0 Å². The Balaban J connectivity index is 1.65. The van der Waals surface area contributed by atoms with E-state index in [2.05, 4.69) is 4.90 Å². The molecular formula is C24H29N3O2. The number of nitrogens with zero attached hydrogens (tertiary/aromatic N) is 3. The van der Waals surface area contributed by atoms with Crippen molar-refractivity contribution in [2.24, 2.45) is 0 Å². The summed E-state index contributed by atoms with van der Waals surface area (Å²) in [7, 11) is 4.02. The zero-order chi connectivity index (χ0) is 20.6. The largest absolute Gasteiger partial charge is 0.334 e. The van der Waals surface area contributed by atoms with Gasteiger partial charge in [-0.2, -0.15) is 0 Å². The first kappa shape index (κ1) is 20.8. The fourth-order valence-corrected chi connectivity index (χ4v) is 3.35. The second-order valence-corrected chi connectivity index (χ2v) is 7.62. The number of anilines is 1. The van der Waals surface area contributed by atoms with Crippen LogP contribution in [-0.2, 0) is 16.1 Å². The van der Waals surface area contributed by atoms with Crippen molar-refractivity contribution < 1.29 is 9.59 Å². The maximum atomic E-state index is 12.8. The van der Waals surface area contributed by atoms with Crippen molar-refractivity contribution >= 4 is 23.6 Å². The topological polar surface area (TPSA) is 43.9 Å². The van der Waals surface area contributed by atoms with Crippen LogP contribution < -0.4 is 4.90 Å². The first-order chi connectivity index (χ1) is 14.0. The van der Waals surface area contributed by atoms with Gasteiger partial charge in [0.15, 0.2) is 0 Å². The molecule has 5 nitrogen and oxygen atoms in total. The lowest BCUT2D eigenvalue weighted by Gasteiger charge is -2.23. The Morgan fingerprint density at radius 3 is 2.38 bits per heavy atom. The van der Waals surface area contributed by atoms with Gasteiger partial charge in [0.2, 0.25) is 11.8 Å². The SMILES string of the molecule is CN(C)CCN(Cc1ccccc1)C(=O)/C=C/c1ccc(N2CCCC2=O)cc1. The van der Waals surface area contributed by atoms with Gasteiger partial charge in [-0.15, -0.1) is 0 Å². The molecule has 152 valence electrons. The summed E-state index contributed by atoms with van der Waals surface area (Å²) in [6, 6.07) is 17.8. The van der Waals surface area contributed by atoms with Gasteiger partial charge in [0.1, 0.15) is 0 Å². The fourth-order valence-electron chi connectivity index (χ4n) is 3.35. The summed E-state index contributed by atoms with van der Waals surface area (Å²) >= 11 is 0. The van der Waals surface area contributed by atoms with Gasteiger partial charge in [0.05, 0.1) is 0 Å². The molecule has 0 aromatic heterocycles. The predicted octanol–water partition coefficient (Wildman–Crippen LogP) is 3.42. The molecular weight excluding hydrogens is 362 g/mol. The maximum Gasteiger partial charge on any atom is 0.246 e. The van der Waals surface area contributed by atoms with Gasteiger partial charge < -0.3 is 14.7 Å². The Bertz CT molecular complexity index is 844. The lowest BCUT2D eigenvalue weighted by atomic mass is 10.1. The van der Waals surface area contributed by atoms with Crippen LogP contribution in [0.3, 0.4) is 0 Å². The highest BCUT2D eigenvalue weighted by Crippen LogP contribution is 2.22. The number of benzene rings is 2. The highest BCUT2D eigenvalue weighted by Gasteiger charge is 2.21. The van der Waals surface area contributed by atoms with Crippen LogP contribution in [0.4, 0.5) is 5.69 Å². The molecule has 0 spiro atoms. The van der Waals surface area contributed by atoms with Crippen LogP contribution in [-0.4, -0.2) is 55.3 Å². The first-order valence-electron chi connectivity index (χ1n) is 10.1. The Hall–Kier alpha value is -2.92. The first-order valence-corrected chi connectivity index (χ1v) is 10.1. The monoisotopic (exact) mass is 391 g/mol. The van der Waals surface area contributed by atoms with E-state index in [4.69, 9.17) is 0 Å². The van der Waals surface area contributed by atoms with Crippen molar-refractivity contribution in [3.8, 4) is 0 Å². The Kier molecular flexibility index (Phi) is 7.19. The van der Waals surface area contributed by atoms with Gasteiger partial charge in [-0.1, -0.05) is 42.5 Å². The summed E-state index contributed by atoms with van der Waals surface area (Å²) in [6.45, 7) is 2.85. The van der Waals surface area contributed by atoms with Crippen LogP contribution in [0.15, 0.2) is 60.7 Å². The van der Waals surface area contributed by atoms with Crippen molar-refractivity contribution in [1.82, 2.24) is 9.80 Å². The molecule has 0 unspecified atom stereocenters. The van der Waals surface area contributed by atoms with E-state index in [1.807, 2.05) is 84.6 Å². The van der Waals surface area contributed by atoms with E-state index in [1.54, 1.807) is 6.08 Å². The fraction of sp³-hybridized carbons (Fsp3) is 0.333. The van der Waals surface area contributed by atoms with Crippen LogP contribution in [0.2, 0.25) is 0 Å². The number of carbonyl (C=O) groups excluding carboxylic acids is 2. The van der Waals surface area contributed by atoms with Crippen LogP contribution in [0.25, 0.3) is 6.08 Å². The molecule has 2 aromatic rings. The molecule has 5 heteroatoms. The second-order valence-electron chi connectivity index (χ2n) is 7.62. The summed E-state index contributed by atoms with van der Waals surface area (Å²) in [5, 5.41) is 0. The van der Waals surface area contributed by atoms with Gasteiger partial charge >= 0.3 is 0 Å². The van der Waals surface area contributed by atoms with E-state index in [0.717, 1.165) is 36.3 Å². The molecule has 1 saturated heterocycles. The molecule has 1 aliphatic rings. The van der Waals surface area contributed by atoms with E-state index in [0.29, 0.717) is 19.5 Å². The molecule has 1 aliphatic heterocycles. The summed E-state index contributed by atoms with van der Waals surface area (Å²) in [5.74, 6) is 0.176. The second kappa shape index (κ2) is 10.0. The summed E-state index contributed by atoms with van der Waals surface area (Å²) in [6.07, 6.45) is 5.01. The quantitative estimate of drug-likeness (QED) is 0.648. The van der Waals surface area contributed by atoms with Crippen molar-refractivity contribution in [3.05, 3.63) is 71.8 Å². The molecule has 2 aromatic carbocycles. The minimum absolute atomic E-state index is 0.00509. The maximum absolute atomic E-state index is 12.8. The van der Waals surface area contributed by atoms with Crippen LogP contribution in [0, 0.1) is 0 Å². The van der Waals surface area contributed by atoms with Gasteiger partial charge in [0.25, 0.3) is 0 Å². The molecule has 29 heavy (non-hydrogen) atoms. The number of likely N-dealkylation sites (N-methyl/N-ethyl adjacent to an activating group) is 1. The summed E-state index contributed by atoms with van der Waals surface area (Å²) < 4.78 is 0. The van der Waals surface area contributed by atoms with Crippen LogP contribution >= 0.6 is 0 Å². The van der Waals surface area contributed by atoms with Gasteiger partial charge in [-0.05, 0) is 49.9 Å². The lowest BCUT2D eigenvalue weighted by molar-refractivity contribution is -0.126. The Labute approximate surface area is 173 Å². The Morgan fingerprint density at radius 1 is 1.03 bits per heavy atom. The third-order valence-electron chi connectivity index (χ3n) is 5.04. The van der Waals surface area contributed by atoms with E-state index >= 15 is 0 Å². The molecule has 2 amide bonds. The number of rotatable bonds is 8. The molecule has 0 radical (unpaired) electrons.